The van der Waals surface area contributed by atoms with E-state index < -0.39 is 6.10 Å². The fraction of sp³-hybridized carbons (Fsp3) is 0.562. The van der Waals surface area contributed by atoms with Crippen molar-refractivity contribution in [1.82, 2.24) is 10.6 Å². The van der Waals surface area contributed by atoms with Gasteiger partial charge in [-0.05, 0) is 42.9 Å². The summed E-state index contributed by atoms with van der Waals surface area (Å²) in [5.41, 5.74) is 1.93. The van der Waals surface area contributed by atoms with Crippen LogP contribution in [0.25, 0.3) is 0 Å². The van der Waals surface area contributed by atoms with Crippen LogP contribution >= 0.6 is 0 Å². The van der Waals surface area contributed by atoms with E-state index in [2.05, 4.69) is 10.6 Å². The third-order valence-corrected chi connectivity index (χ3v) is 4.60. The molecule has 1 fully saturated rings. The second-order valence-electron chi connectivity index (χ2n) is 6.01. The normalized spacial score (nSPS) is 28.0. The first kappa shape index (κ1) is 14.2. The number of phenols is 1. The quantitative estimate of drug-likeness (QED) is 0.672. The van der Waals surface area contributed by atoms with Crippen molar-refractivity contribution < 1.29 is 15.0 Å². The Bertz CT molecular complexity index is 532. The zero-order chi connectivity index (χ0) is 14.8. The highest BCUT2D eigenvalue weighted by atomic mass is 16.3. The average Bonchev–Trinajstić information content (AvgIpc) is 2.86. The van der Waals surface area contributed by atoms with Crippen LogP contribution in [0.1, 0.15) is 49.3 Å². The molecule has 0 bridgehead atoms. The Hall–Kier alpha value is -1.75. The molecule has 0 heterocycles. The number of aromatic hydroxyl groups is 1. The highest BCUT2D eigenvalue weighted by Gasteiger charge is 2.28. The maximum absolute atomic E-state index is 12.1. The number of hydrogen-bond donors (Lipinski definition) is 4. The molecule has 0 saturated heterocycles. The number of carbonyl (C=O) groups excluding carboxylic acids is 1. The Morgan fingerprint density at radius 1 is 1.14 bits per heavy atom. The van der Waals surface area contributed by atoms with Gasteiger partial charge in [-0.2, -0.15) is 0 Å². The second kappa shape index (κ2) is 5.93. The van der Waals surface area contributed by atoms with Crippen LogP contribution in [0.4, 0.5) is 4.79 Å². The zero-order valence-electron chi connectivity index (χ0n) is 12.0. The van der Waals surface area contributed by atoms with E-state index in [1.54, 1.807) is 12.1 Å². The van der Waals surface area contributed by atoms with Gasteiger partial charge in [0.2, 0.25) is 0 Å². The molecule has 2 aliphatic rings. The molecule has 1 aromatic rings. The summed E-state index contributed by atoms with van der Waals surface area (Å²) in [5, 5.41) is 25.6. The lowest BCUT2D eigenvalue weighted by atomic mass is 9.93. The van der Waals surface area contributed by atoms with Gasteiger partial charge in [-0.1, -0.05) is 25.0 Å². The van der Waals surface area contributed by atoms with E-state index in [1.165, 1.54) is 0 Å². The number of benzene rings is 1. The smallest absolute Gasteiger partial charge is 0.315 e. The maximum atomic E-state index is 12.1. The Morgan fingerprint density at radius 2 is 1.95 bits per heavy atom. The topological polar surface area (TPSA) is 81.6 Å². The predicted octanol–water partition coefficient (Wildman–Crippen LogP) is 1.98. The molecule has 114 valence electrons. The number of nitrogens with one attached hydrogen (secondary N) is 2. The van der Waals surface area contributed by atoms with Gasteiger partial charge < -0.3 is 20.8 Å². The summed E-state index contributed by atoms with van der Waals surface area (Å²) >= 11 is 0. The molecule has 3 atom stereocenters. The molecule has 0 aromatic heterocycles. The molecule has 5 nitrogen and oxygen atoms in total. The largest absolute Gasteiger partial charge is 0.508 e. The Morgan fingerprint density at radius 3 is 2.76 bits per heavy atom. The molecule has 3 rings (SSSR count). The number of amides is 2. The van der Waals surface area contributed by atoms with Gasteiger partial charge in [0.25, 0.3) is 0 Å². The summed E-state index contributed by atoms with van der Waals surface area (Å²) in [6.45, 7) is 0. The van der Waals surface area contributed by atoms with Crippen molar-refractivity contribution in [3.05, 3.63) is 29.3 Å². The van der Waals surface area contributed by atoms with Crippen molar-refractivity contribution in [3.8, 4) is 5.75 Å². The molecular weight excluding hydrogens is 268 g/mol. The van der Waals surface area contributed by atoms with Crippen molar-refractivity contribution in [2.75, 3.05) is 0 Å². The van der Waals surface area contributed by atoms with Crippen LogP contribution in [0.2, 0.25) is 0 Å². The van der Waals surface area contributed by atoms with Crippen LogP contribution in [0.5, 0.6) is 5.75 Å². The van der Waals surface area contributed by atoms with Crippen LogP contribution in [0.3, 0.4) is 0 Å². The first-order valence-corrected chi connectivity index (χ1v) is 7.71. The SMILES string of the molecule is O=C(NC1CCc2c(O)cccc21)NC1CCCCC1O. The molecule has 0 radical (unpaired) electrons. The lowest BCUT2D eigenvalue weighted by Gasteiger charge is -2.29. The number of carbonyl (C=O) groups is 1. The van der Waals surface area contributed by atoms with Crippen LogP contribution in [0.15, 0.2) is 18.2 Å². The standard InChI is InChI=1S/C16H22N2O3/c19-14-7-3-4-10-11(14)8-9-12(10)17-16(21)18-13-5-1-2-6-15(13)20/h3-4,7,12-13,15,19-20H,1-2,5-6,8-9H2,(H2,17,18,21). The van der Waals surface area contributed by atoms with Crippen molar-refractivity contribution in [2.24, 2.45) is 0 Å². The van der Waals surface area contributed by atoms with E-state index in [9.17, 15) is 15.0 Å². The second-order valence-corrected chi connectivity index (χ2v) is 6.01. The summed E-state index contributed by atoms with van der Waals surface area (Å²) in [4.78, 5) is 12.1. The van der Waals surface area contributed by atoms with E-state index in [1.807, 2.05) is 6.07 Å². The Kier molecular flexibility index (Phi) is 4.01. The number of rotatable bonds is 2. The number of phenolic OH excluding ortho intramolecular Hbond substituents is 1. The van der Waals surface area contributed by atoms with Gasteiger partial charge in [-0.3, -0.25) is 0 Å². The first-order valence-electron chi connectivity index (χ1n) is 7.71. The maximum Gasteiger partial charge on any atom is 0.315 e. The molecule has 21 heavy (non-hydrogen) atoms. The van der Waals surface area contributed by atoms with E-state index in [-0.39, 0.29) is 18.1 Å². The molecule has 4 N–H and O–H groups in total. The highest BCUT2D eigenvalue weighted by molar-refractivity contribution is 5.75. The predicted molar refractivity (Wildman–Crippen MR) is 79.1 cm³/mol. The molecule has 1 saturated carbocycles. The number of aliphatic hydroxyl groups excluding tert-OH is 1. The molecule has 2 amide bonds. The summed E-state index contributed by atoms with van der Waals surface area (Å²) in [6, 6.07) is 4.98. The van der Waals surface area contributed by atoms with E-state index in [0.717, 1.165) is 49.7 Å². The summed E-state index contributed by atoms with van der Waals surface area (Å²) in [7, 11) is 0. The fourth-order valence-corrected chi connectivity index (χ4v) is 3.43. The molecule has 1 aromatic carbocycles. The minimum Gasteiger partial charge on any atom is -0.508 e. The van der Waals surface area contributed by atoms with Crippen molar-refractivity contribution in [1.29, 1.82) is 0 Å². The van der Waals surface area contributed by atoms with Crippen LogP contribution in [-0.4, -0.2) is 28.4 Å². The van der Waals surface area contributed by atoms with E-state index >= 15 is 0 Å². The number of fused-ring (bicyclic) bond motifs is 1. The lowest BCUT2D eigenvalue weighted by molar-refractivity contribution is 0.0940. The molecule has 2 aliphatic carbocycles. The van der Waals surface area contributed by atoms with Crippen molar-refractivity contribution >= 4 is 6.03 Å². The summed E-state index contributed by atoms with van der Waals surface area (Å²) in [6.07, 6.45) is 4.79. The Balaban J connectivity index is 1.60. The monoisotopic (exact) mass is 290 g/mol. The third-order valence-electron chi connectivity index (χ3n) is 4.60. The van der Waals surface area contributed by atoms with Crippen LogP contribution in [0, 0.1) is 0 Å². The minimum absolute atomic E-state index is 0.0622. The van der Waals surface area contributed by atoms with Gasteiger partial charge >= 0.3 is 6.03 Å². The third kappa shape index (κ3) is 2.97. The van der Waals surface area contributed by atoms with Gasteiger partial charge in [0, 0.05) is 0 Å². The van der Waals surface area contributed by atoms with Crippen molar-refractivity contribution in [2.45, 2.75) is 56.7 Å². The first-order chi connectivity index (χ1) is 10.1. The number of hydrogen-bond acceptors (Lipinski definition) is 3. The molecule has 0 spiro atoms. The van der Waals surface area contributed by atoms with Gasteiger partial charge in [0.1, 0.15) is 5.75 Å². The molecule has 3 unspecified atom stereocenters. The lowest BCUT2D eigenvalue weighted by Crippen LogP contribution is -2.49. The number of aliphatic hydroxyl groups is 1. The van der Waals surface area contributed by atoms with E-state index in [4.69, 9.17) is 0 Å². The molecule has 0 aliphatic heterocycles. The fourth-order valence-electron chi connectivity index (χ4n) is 3.43. The van der Waals surface area contributed by atoms with Gasteiger partial charge in [-0.25, -0.2) is 4.79 Å². The molecule has 5 heteroatoms. The van der Waals surface area contributed by atoms with Crippen LogP contribution in [-0.2, 0) is 6.42 Å². The molecular formula is C16H22N2O3. The van der Waals surface area contributed by atoms with Crippen molar-refractivity contribution in [3.63, 3.8) is 0 Å². The highest BCUT2D eigenvalue weighted by Crippen LogP contribution is 2.36. The minimum atomic E-state index is -0.440. The average molecular weight is 290 g/mol. The summed E-state index contributed by atoms with van der Waals surface area (Å²) in [5.74, 6) is 0.305. The Labute approximate surface area is 124 Å². The van der Waals surface area contributed by atoms with E-state index in [0.29, 0.717) is 5.75 Å². The van der Waals surface area contributed by atoms with Crippen LogP contribution < -0.4 is 10.6 Å². The van der Waals surface area contributed by atoms with Gasteiger partial charge in [0.15, 0.2) is 0 Å². The summed E-state index contributed by atoms with van der Waals surface area (Å²) < 4.78 is 0. The van der Waals surface area contributed by atoms with Gasteiger partial charge in [-0.15, -0.1) is 0 Å². The zero-order valence-corrected chi connectivity index (χ0v) is 12.0. The van der Waals surface area contributed by atoms with Gasteiger partial charge in [0.05, 0.1) is 18.2 Å². The number of urea groups is 1.